The van der Waals surface area contributed by atoms with Crippen molar-refractivity contribution in [3.8, 4) is 11.6 Å². The van der Waals surface area contributed by atoms with E-state index in [0.29, 0.717) is 37.3 Å². The molecule has 2 fully saturated rings. The van der Waals surface area contributed by atoms with E-state index >= 15 is 0 Å². The molecule has 30 heavy (non-hydrogen) atoms. The number of pyridine rings is 1. The van der Waals surface area contributed by atoms with Crippen LogP contribution < -0.4 is 14.8 Å². The van der Waals surface area contributed by atoms with Gasteiger partial charge in [-0.25, -0.2) is 4.98 Å². The molecule has 1 aromatic rings. The fourth-order valence-corrected chi connectivity index (χ4v) is 3.83. The normalized spacial score (nSPS) is 26.6. The molecular weight excluding hydrogens is 380 g/mol. The van der Waals surface area contributed by atoms with E-state index in [4.69, 9.17) is 18.9 Å². The lowest BCUT2D eigenvalue weighted by Crippen LogP contribution is -2.53. The second kappa shape index (κ2) is 9.84. The average Bonchev–Trinajstić information content (AvgIpc) is 2.56. The highest BCUT2D eigenvalue weighted by molar-refractivity contribution is 5.23. The van der Waals surface area contributed by atoms with E-state index in [-0.39, 0.29) is 17.2 Å². The van der Waals surface area contributed by atoms with Crippen LogP contribution in [0.1, 0.15) is 73.6 Å². The van der Waals surface area contributed by atoms with Gasteiger partial charge in [-0.2, -0.15) is 0 Å². The van der Waals surface area contributed by atoms with E-state index in [0.717, 1.165) is 37.9 Å². The zero-order chi connectivity index (χ0) is 21.8. The molecule has 0 saturated heterocycles. The molecule has 0 spiro atoms. The van der Waals surface area contributed by atoms with Gasteiger partial charge in [-0.05, 0) is 73.3 Å². The number of nitrogens with one attached hydrogen (secondary N) is 1. The van der Waals surface area contributed by atoms with E-state index in [1.54, 1.807) is 6.20 Å². The molecule has 0 radical (unpaired) electrons. The largest absolute Gasteiger partial charge is 0.492 e. The molecule has 6 heteroatoms. The third kappa shape index (κ3) is 8.05. The standard InChI is InChI=1S/C24H40N2O4/c1-23(2,3)26-17-12-20(13-17)29-22-9-8-18(16-25-22)27-10-7-11-28-19-14-21(15-19)30-24(4,5)6/h8-9,16-17,19-21,26H,7,10-15H2,1-6H3. The highest BCUT2D eigenvalue weighted by Gasteiger charge is 2.34. The Morgan fingerprint density at radius 1 is 0.933 bits per heavy atom. The van der Waals surface area contributed by atoms with E-state index in [9.17, 15) is 0 Å². The van der Waals surface area contributed by atoms with Gasteiger partial charge in [-0.3, -0.25) is 0 Å². The van der Waals surface area contributed by atoms with Crippen molar-refractivity contribution in [1.82, 2.24) is 10.3 Å². The third-order valence-corrected chi connectivity index (χ3v) is 5.21. The first-order chi connectivity index (χ1) is 14.1. The van der Waals surface area contributed by atoms with E-state index < -0.39 is 0 Å². The van der Waals surface area contributed by atoms with Crippen LogP contribution in [0.15, 0.2) is 18.3 Å². The minimum Gasteiger partial charge on any atom is -0.492 e. The van der Waals surface area contributed by atoms with Gasteiger partial charge < -0.3 is 24.3 Å². The predicted molar refractivity (Wildman–Crippen MR) is 118 cm³/mol. The summed E-state index contributed by atoms with van der Waals surface area (Å²) in [6, 6.07) is 4.35. The van der Waals surface area contributed by atoms with Crippen LogP contribution in [0.2, 0.25) is 0 Å². The number of hydrogen-bond donors (Lipinski definition) is 1. The molecular formula is C24H40N2O4. The van der Waals surface area contributed by atoms with Crippen molar-refractivity contribution in [1.29, 1.82) is 0 Å². The molecule has 1 heterocycles. The van der Waals surface area contributed by atoms with Gasteiger partial charge in [-0.15, -0.1) is 0 Å². The maximum absolute atomic E-state index is 5.94. The van der Waals surface area contributed by atoms with Crippen molar-refractivity contribution in [2.75, 3.05) is 13.2 Å². The first-order valence-corrected chi connectivity index (χ1v) is 11.4. The summed E-state index contributed by atoms with van der Waals surface area (Å²) in [4.78, 5) is 4.37. The van der Waals surface area contributed by atoms with Crippen molar-refractivity contribution >= 4 is 0 Å². The van der Waals surface area contributed by atoms with E-state index in [1.807, 2.05) is 12.1 Å². The molecule has 0 aromatic carbocycles. The summed E-state index contributed by atoms with van der Waals surface area (Å²) in [5.74, 6) is 1.44. The summed E-state index contributed by atoms with van der Waals surface area (Å²) in [6.45, 7) is 14.2. The summed E-state index contributed by atoms with van der Waals surface area (Å²) in [5.41, 5.74) is 0.0841. The molecule has 2 saturated carbocycles. The molecule has 170 valence electrons. The topological polar surface area (TPSA) is 61.8 Å². The lowest BCUT2D eigenvalue weighted by Gasteiger charge is -2.39. The Labute approximate surface area is 182 Å². The van der Waals surface area contributed by atoms with E-state index in [1.165, 1.54) is 0 Å². The monoisotopic (exact) mass is 420 g/mol. The van der Waals surface area contributed by atoms with Crippen LogP contribution >= 0.6 is 0 Å². The molecule has 0 unspecified atom stereocenters. The molecule has 0 bridgehead atoms. The second-order valence-corrected chi connectivity index (χ2v) is 10.7. The Morgan fingerprint density at radius 3 is 2.27 bits per heavy atom. The minimum absolute atomic E-state index is 0.0676. The first-order valence-electron chi connectivity index (χ1n) is 11.4. The fourth-order valence-electron chi connectivity index (χ4n) is 3.83. The Morgan fingerprint density at radius 2 is 1.67 bits per heavy atom. The van der Waals surface area contributed by atoms with Gasteiger partial charge in [0.1, 0.15) is 11.9 Å². The van der Waals surface area contributed by atoms with Crippen LogP contribution in [0.5, 0.6) is 11.6 Å². The van der Waals surface area contributed by atoms with Crippen molar-refractivity contribution in [3.63, 3.8) is 0 Å². The summed E-state index contributed by atoms with van der Waals surface area (Å²) in [5, 5.41) is 3.60. The number of rotatable bonds is 10. The highest BCUT2D eigenvalue weighted by Crippen LogP contribution is 2.30. The molecule has 1 N–H and O–H groups in total. The maximum Gasteiger partial charge on any atom is 0.213 e. The summed E-state index contributed by atoms with van der Waals surface area (Å²) in [6.07, 6.45) is 7.58. The molecule has 3 rings (SSSR count). The average molecular weight is 421 g/mol. The van der Waals surface area contributed by atoms with E-state index in [2.05, 4.69) is 51.8 Å². The Bertz CT molecular complexity index is 639. The van der Waals surface area contributed by atoms with Crippen LogP contribution in [0.4, 0.5) is 0 Å². The molecule has 0 atom stereocenters. The Kier molecular flexibility index (Phi) is 7.64. The quantitative estimate of drug-likeness (QED) is 0.562. The van der Waals surface area contributed by atoms with Gasteiger partial charge in [-0.1, -0.05) is 0 Å². The highest BCUT2D eigenvalue weighted by atomic mass is 16.5. The summed E-state index contributed by atoms with van der Waals surface area (Å²) >= 11 is 0. The zero-order valence-corrected chi connectivity index (χ0v) is 19.6. The number of hydrogen-bond acceptors (Lipinski definition) is 6. The van der Waals surface area contributed by atoms with Gasteiger partial charge in [0.2, 0.25) is 5.88 Å². The minimum atomic E-state index is -0.0676. The maximum atomic E-state index is 5.94. The Hall–Kier alpha value is -1.37. The number of nitrogens with zero attached hydrogens (tertiary/aromatic N) is 1. The third-order valence-electron chi connectivity index (χ3n) is 5.21. The van der Waals surface area contributed by atoms with Crippen molar-refractivity contribution in [2.45, 2.75) is 109 Å². The second-order valence-electron chi connectivity index (χ2n) is 10.7. The lowest BCUT2D eigenvalue weighted by atomic mass is 9.87. The van der Waals surface area contributed by atoms with Crippen LogP contribution in [-0.4, -0.2) is 53.7 Å². The van der Waals surface area contributed by atoms with Crippen LogP contribution in [-0.2, 0) is 9.47 Å². The predicted octanol–water partition coefficient (Wildman–Crippen LogP) is 4.51. The zero-order valence-electron chi connectivity index (χ0n) is 19.6. The smallest absolute Gasteiger partial charge is 0.213 e. The molecule has 6 nitrogen and oxygen atoms in total. The van der Waals surface area contributed by atoms with Gasteiger partial charge in [0.05, 0.1) is 37.2 Å². The fraction of sp³-hybridized carbons (Fsp3) is 0.792. The van der Waals surface area contributed by atoms with Crippen molar-refractivity contribution in [2.24, 2.45) is 0 Å². The van der Waals surface area contributed by atoms with Gasteiger partial charge in [0.25, 0.3) is 0 Å². The van der Waals surface area contributed by atoms with Gasteiger partial charge >= 0.3 is 0 Å². The van der Waals surface area contributed by atoms with Crippen LogP contribution in [0.25, 0.3) is 0 Å². The van der Waals surface area contributed by atoms with Crippen LogP contribution in [0, 0.1) is 0 Å². The number of ether oxygens (including phenoxy) is 4. The molecule has 0 aliphatic heterocycles. The molecule has 2 aliphatic carbocycles. The number of aromatic nitrogens is 1. The lowest BCUT2D eigenvalue weighted by molar-refractivity contribution is -0.149. The van der Waals surface area contributed by atoms with Crippen molar-refractivity contribution in [3.05, 3.63) is 18.3 Å². The molecule has 0 amide bonds. The SMILES string of the molecule is CC(C)(C)NC1CC(Oc2ccc(OCCCOC3CC(OC(C)(C)C)C3)cn2)C1. The first kappa shape index (κ1) is 23.3. The van der Waals surface area contributed by atoms with Crippen LogP contribution in [0.3, 0.4) is 0 Å². The Balaban J connectivity index is 1.22. The van der Waals surface area contributed by atoms with Gasteiger partial charge in [0.15, 0.2) is 0 Å². The van der Waals surface area contributed by atoms with Gasteiger partial charge in [0, 0.05) is 24.1 Å². The van der Waals surface area contributed by atoms with Crippen molar-refractivity contribution < 1.29 is 18.9 Å². The molecule has 1 aromatic heterocycles. The summed E-state index contributed by atoms with van der Waals surface area (Å²) < 4.78 is 23.5. The summed E-state index contributed by atoms with van der Waals surface area (Å²) in [7, 11) is 0. The molecule has 2 aliphatic rings.